The van der Waals surface area contributed by atoms with Crippen molar-refractivity contribution in [2.24, 2.45) is 0 Å². The minimum absolute atomic E-state index is 0.0170. The van der Waals surface area contributed by atoms with Crippen molar-refractivity contribution < 1.29 is 18.1 Å². The first-order valence-corrected chi connectivity index (χ1v) is 8.29. The second-order valence-corrected chi connectivity index (χ2v) is 6.33. The first-order chi connectivity index (χ1) is 11.9. The molecule has 6 nitrogen and oxygen atoms in total. The number of nitrogens with one attached hydrogen (secondary N) is 1. The van der Waals surface area contributed by atoms with Crippen LogP contribution in [0.3, 0.4) is 0 Å². The van der Waals surface area contributed by atoms with Crippen LogP contribution >= 0.6 is 11.6 Å². The molecule has 25 heavy (non-hydrogen) atoms. The summed E-state index contributed by atoms with van der Waals surface area (Å²) in [7, 11) is 0. The maximum Gasteiger partial charge on any atom is 0.400 e. The zero-order chi connectivity index (χ0) is 18.0. The van der Waals surface area contributed by atoms with E-state index in [4.69, 9.17) is 11.6 Å². The van der Waals surface area contributed by atoms with Crippen LogP contribution in [-0.4, -0.2) is 46.6 Å². The van der Waals surface area contributed by atoms with E-state index in [2.05, 4.69) is 31.8 Å². The number of likely N-dealkylation sites (N-methyl/N-ethyl adjacent to an activating group) is 1. The van der Waals surface area contributed by atoms with Gasteiger partial charge in [0.25, 0.3) is 5.91 Å². The van der Waals surface area contributed by atoms with Crippen LogP contribution in [-0.2, 0) is 5.38 Å². The molecule has 134 valence electrons. The van der Waals surface area contributed by atoms with Crippen molar-refractivity contribution in [3.05, 3.63) is 35.7 Å². The van der Waals surface area contributed by atoms with Gasteiger partial charge >= 0.3 is 11.3 Å². The summed E-state index contributed by atoms with van der Waals surface area (Å²) in [5.41, 5.74) is 0.926. The number of nitrogens with zero attached hydrogens (tertiary/aromatic N) is 3. The lowest BCUT2D eigenvalue weighted by atomic mass is 10.1. The Hall–Kier alpha value is -2.06. The average Bonchev–Trinajstić information content (AvgIpc) is 3.24. The number of halogens is 3. The van der Waals surface area contributed by atoms with Crippen LogP contribution in [0.5, 0.6) is 0 Å². The van der Waals surface area contributed by atoms with Crippen molar-refractivity contribution in [1.29, 1.82) is 0 Å². The SMILES string of the molecule is CCN1CC[C@@H](NC(=O)c2ccc(-c3noc(C(F)(F)Cl)n3)cc2)C1. The van der Waals surface area contributed by atoms with Gasteiger partial charge < -0.3 is 14.7 Å². The Balaban J connectivity index is 1.66. The van der Waals surface area contributed by atoms with E-state index in [0.29, 0.717) is 11.1 Å². The zero-order valence-corrected chi connectivity index (χ0v) is 14.3. The van der Waals surface area contributed by atoms with Crippen molar-refractivity contribution in [2.75, 3.05) is 19.6 Å². The third-order valence-corrected chi connectivity index (χ3v) is 4.29. The fourth-order valence-electron chi connectivity index (χ4n) is 2.73. The lowest BCUT2D eigenvalue weighted by molar-refractivity contribution is 0.0551. The lowest BCUT2D eigenvalue weighted by Gasteiger charge is -2.14. The molecule has 1 aliphatic heterocycles. The van der Waals surface area contributed by atoms with Gasteiger partial charge in [-0.1, -0.05) is 24.2 Å². The molecular formula is C16H17ClF2N4O2. The largest absolute Gasteiger partial charge is 0.400 e. The molecule has 1 N–H and O–H groups in total. The smallest absolute Gasteiger partial charge is 0.348 e. The van der Waals surface area contributed by atoms with E-state index in [9.17, 15) is 13.6 Å². The second-order valence-electron chi connectivity index (χ2n) is 5.85. The van der Waals surface area contributed by atoms with Crippen LogP contribution in [0.25, 0.3) is 11.4 Å². The predicted octanol–water partition coefficient (Wildman–Crippen LogP) is 2.85. The van der Waals surface area contributed by atoms with E-state index < -0.39 is 11.3 Å². The highest BCUT2D eigenvalue weighted by molar-refractivity contribution is 6.21. The van der Waals surface area contributed by atoms with Gasteiger partial charge in [-0.25, -0.2) is 0 Å². The number of alkyl halides is 3. The number of benzene rings is 1. The van der Waals surface area contributed by atoms with Crippen LogP contribution in [0, 0.1) is 0 Å². The molecular weight excluding hydrogens is 354 g/mol. The van der Waals surface area contributed by atoms with Crippen molar-refractivity contribution in [3.8, 4) is 11.4 Å². The Bertz CT molecular complexity index is 745. The number of amides is 1. The monoisotopic (exact) mass is 370 g/mol. The Labute approximate surface area is 148 Å². The minimum atomic E-state index is -3.71. The van der Waals surface area contributed by atoms with E-state index in [1.54, 1.807) is 24.3 Å². The molecule has 1 aliphatic rings. The normalized spacial score (nSPS) is 18.5. The molecule has 2 aromatic rings. The van der Waals surface area contributed by atoms with Crippen LogP contribution in [0.15, 0.2) is 28.8 Å². The van der Waals surface area contributed by atoms with Gasteiger partial charge in [0.1, 0.15) is 0 Å². The molecule has 0 unspecified atom stereocenters. The highest BCUT2D eigenvalue weighted by Crippen LogP contribution is 2.32. The minimum Gasteiger partial charge on any atom is -0.348 e. The van der Waals surface area contributed by atoms with Crippen molar-refractivity contribution in [3.63, 3.8) is 0 Å². The highest BCUT2D eigenvalue weighted by Gasteiger charge is 2.35. The number of hydrogen-bond acceptors (Lipinski definition) is 5. The Morgan fingerprint density at radius 1 is 1.44 bits per heavy atom. The van der Waals surface area contributed by atoms with Gasteiger partial charge in [0.05, 0.1) is 0 Å². The molecule has 9 heteroatoms. The summed E-state index contributed by atoms with van der Waals surface area (Å²) in [5.74, 6) is -1.15. The molecule has 0 spiro atoms. The molecule has 1 aromatic carbocycles. The van der Waals surface area contributed by atoms with E-state index in [1.807, 2.05) is 0 Å². The van der Waals surface area contributed by atoms with Gasteiger partial charge in [0, 0.05) is 30.3 Å². The number of likely N-dealkylation sites (tertiary alicyclic amines) is 1. The number of carbonyl (C=O) groups is 1. The highest BCUT2D eigenvalue weighted by atomic mass is 35.5. The van der Waals surface area contributed by atoms with Gasteiger partial charge in [-0.15, -0.1) is 0 Å². The Kier molecular flexibility index (Phi) is 5.01. The van der Waals surface area contributed by atoms with Gasteiger partial charge in [-0.3, -0.25) is 4.79 Å². The second kappa shape index (κ2) is 7.05. The Morgan fingerprint density at radius 3 is 2.72 bits per heavy atom. The summed E-state index contributed by atoms with van der Waals surface area (Å²) in [4.78, 5) is 18.1. The number of hydrogen-bond donors (Lipinski definition) is 1. The predicted molar refractivity (Wildman–Crippen MR) is 87.5 cm³/mol. The quantitative estimate of drug-likeness (QED) is 0.819. The fraction of sp³-hybridized carbons (Fsp3) is 0.438. The topological polar surface area (TPSA) is 71.3 Å². The van der Waals surface area contributed by atoms with Crippen LogP contribution in [0.4, 0.5) is 8.78 Å². The molecule has 1 fully saturated rings. The molecule has 1 aromatic heterocycles. The molecule has 0 saturated carbocycles. The zero-order valence-electron chi connectivity index (χ0n) is 13.5. The Morgan fingerprint density at radius 2 is 2.16 bits per heavy atom. The summed E-state index contributed by atoms with van der Waals surface area (Å²) < 4.78 is 30.3. The first-order valence-electron chi connectivity index (χ1n) is 7.91. The van der Waals surface area contributed by atoms with Gasteiger partial charge in [-0.05, 0) is 36.7 Å². The van der Waals surface area contributed by atoms with Crippen molar-refractivity contribution >= 4 is 17.5 Å². The molecule has 0 radical (unpaired) electrons. The van der Waals surface area contributed by atoms with Crippen LogP contribution in [0.2, 0.25) is 0 Å². The molecule has 0 aliphatic carbocycles. The molecule has 0 bridgehead atoms. The van der Waals surface area contributed by atoms with Crippen LogP contribution in [0.1, 0.15) is 29.6 Å². The van der Waals surface area contributed by atoms with E-state index >= 15 is 0 Å². The fourth-order valence-corrected chi connectivity index (χ4v) is 2.81. The van der Waals surface area contributed by atoms with Gasteiger partial charge in [0.15, 0.2) is 0 Å². The third kappa shape index (κ3) is 4.13. The molecule has 2 heterocycles. The standard InChI is InChI=1S/C16H17ClF2N4O2/c1-2-23-8-7-12(9-23)20-14(24)11-5-3-10(4-6-11)13-21-15(25-22-13)16(17,18)19/h3-6,12H,2,7-9H2,1H3,(H,20,24)/t12-/m1/s1. The van der Waals surface area contributed by atoms with Gasteiger partial charge in [0.2, 0.25) is 5.82 Å². The summed E-state index contributed by atoms with van der Waals surface area (Å²) in [6, 6.07) is 6.46. The number of rotatable bonds is 5. The van der Waals surface area contributed by atoms with Crippen molar-refractivity contribution in [1.82, 2.24) is 20.4 Å². The number of aromatic nitrogens is 2. The summed E-state index contributed by atoms with van der Waals surface area (Å²) in [6.45, 7) is 4.88. The molecule has 3 rings (SSSR count). The first kappa shape index (κ1) is 17.8. The molecule has 1 atom stereocenters. The van der Waals surface area contributed by atoms with Gasteiger partial charge in [-0.2, -0.15) is 13.8 Å². The molecule has 1 saturated heterocycles. The molecule has 1 amide bonds. The van der Waals surface area contributed by atoms with Crippen molar-refractivity contribution in [2.45, 2.75) is 24.8 Å². The lowest BCUT2D eigenvalue weighted by Crippen LogP contribution is -2.37. The summed E-state index contributed by atoms with van der Waals surface area (Å²) in [5, 5.41) is 2.76. The summed E-state index contributed by atoms with van der Waals surface area (Å²) in [6.07, 6.45) is 0.927. The van der Waals surface area contributed by atoms with Crippen LogP contribution < -0.4 is 5.32 Å². The number of carbonyl (C=O) groups excluding carboxylic acids is 1. The van der Waals surface area contributed by atoms with E-state index in [-0.39, 0.29) is 17.8 Å². The van der Waals surface area contributed by atoms with E-state index in [0.717, 1.165) is 26.1 Å². The third-order valence-electron chi connectivity index (χ3n) is 4.13. The maximum absolute atomic E-state index is 12.9. The average molecular weight is 371 g/mol. The summed E-state index contributed by atoms with van der Waals surface area (Å²) >= 11 is 4.84. The van der Waals surface area contributed by atoms with E-state index in [1.165, 1.54) is 0 Å². The maximum atomic E-state index is 12.9.